The number of methoxy groups -OCH3 is 1. The Balaban J connectivity index is 1.36. The van der Waals surface area contributed by atoms with Gasteiger partial charge in [-0.05, 0) is 24.3 Å². The van der Waals surface area contributed by atoms with Gasteiger partial charge in [-0.1, -0.05) is 24.3 Å². The van der Waals surface area contributed by atoms with E-state index in [4.69, 9.17) is 9.72 Å². The number of hydrogen-bond acceptors (Lipinski definition) is 8. The molecule has 0 saturated carbocycles. The van der Waals surface area contributed by atoms with Crippen molar-refractivity contribution >= 4 is 39.7 Å². The predicted molar refractivity (Wildman–Crippen MR) is 130 cm³/mol. The van der Waals surface area contributed by atoms with Crippen LogP contribution >= 0.6 is 11.3 Å². The van der Waals surface area contributed by atoms with Gasteiger partial charge in [0.2, 0.25) is 0 Å². The van der Waals surface area contributed by atoms with E-state index in [1.54, 1.807) is 18.0 Å². The highest BCUT2D eigenvalue weighted by molar-refractivity contribution is 7.07. The summed E-state index contributed by atoms with van der Waals surface area (Å²) in [5.41, 5.74) is 4.03. The van der Waals surface area contributed by atoms with Gasteiger partial charge in [0.15, 0.2) is 5.82 Å². The van der Waals surface area contributed by atoms with E-state index in [0.717, 1.165) is 54.3 Å². The quantitative estimate of drug-likeness (QED) is 0.472. The normalized spacial score (nSPS) is 13.8. The van der Waals surface area contributed by atoms with Crippen LogP contribution in [0.3, 0.4) is 0 Å². The molecule has 2 aromatic carbocycles. The fourth-order valence-electron chi connectivity index (χ4n) is 4.05. The predicted octanol–water partition coefficient (Wildman–Crippen LogP) is 3.35. The molecule has 1 saturated heterocycles. The van der Waals surface area contributed by atoms with Crippen molar-refractivity contribution in [1.82, 2.24) is 20.3 Å². The molecule has 1 amide bonds. The Kier molecular flexibility index (Phi) is 6.03. The first kappa shape index (κ1) is 21.1. The van der Waals surface area contributed by atoms with Gasteiger partial charge in [0.05, 0.1) is 30.4 Å². The molecule has 1 fully saturated rings. The molecule has 0 unspecified atom stereocenters. The summed E-state index contributed by atoms with van der Waals surface area (Å²) in [5.74, 6) is 2.15. The van der Waals surface area contributed by atoms with Crippen LogP contribution in [0.25, 0.3) is 10.9 Å². The Labute approximate surface area is 195 Å². The third-order valence-electron chi connectivity index (χ3n) is 5.71. The SMILES string of the molecule is COc1ccccc1N1CCN(c2nc(CNC(=O)c3cscn3)nc3ccccc23)CC1. The maximum Gasteiger partial charge on any atom is 0.271 e. The Morgan fingerprint density at radius 2 is 1.79 bits per heavy atom. The molecule has 4 aromatic rings. The lowest BCUT2D eigenvalue weighted by molar-refractivity contribution is 0.0945. The summed E-state index contributed by atoms with van der Waals surface area (Å²) in [4.78, 5) is 30.5. The Hall–Kier alpha value is -3.72. The van der Waals surface area contributed by atoms with Gasteiger partial charge in [-0.2, -0.15) is 0 Å². The number of aromatic nitrogens is 3. The molecule has 3 heterocycles. The molecule has 0 aliphatic carbocycles. The van der Waals surface area contributed by atoms with E-state index in [1.165, 1.54) is 11.3 Å². The van der Waals surface area contributed by atoms with Crippen molar-refractivity contribution in [3.63, 3.8) is 0 Å². The number of anilines is 2. The first-order valence-corrected chi connectivity index (χ1v) is 11.7. The van der Waals surface area contributed by atoms with E-state index in [2.05, 4.69) is 37.2 Å². The van der Waals surface area contributed by atoms with E-state index >= 15 is 0 Å². The second-order valence-electron chi connectivity index (χ2n) is 7.68. The number of nitrogens with zero attached hydrogens (tertiary/aromatic N) is 5. The minimum Gasteiger partial charge on any atom is -0.495 e. The highest BCUT2D eigenvalue weighted by Gasteiger charge is 2.22. The molecule has 33 heavy (non-hydrogen) atoms. The van der Waals surface area contributed by atoms with Crippen LogP contribution in [0, 0.1) is 0 Å². The molecule has 1 aliphatic heterocycles. The van der Waals surface area contributed by atoms with Crippen LogP contribution < -0.4 is 19.9 Å². The summed E-state index contributed by atoms with van der Waals surface area (Å²) in [5, 5.41) is 5.61. The molecule has 8 nitrogen and oxygen atoms in total. The Morgan fingerprint density at radius 3 is 2.58 bits per heavy atom. The summed E-state index contributed by atoms with van der Waals surface area (Å²) in [6, 6.07) is 16.1. The fraction of sp³-hybridized carbons (Fsp3) is 0.250. The van der Waals surface area contributed by atoms with E-state index < -0.39 is 0 Å². The van der Waals surface area contributed by atoms with Crippen LogP contribution in [0.5, 0.6) is 5.75 Å². The molecular weight excluding hydrogens is 436 g/mol. The van der Waals surface area contributed by atoms with Gasteiger partial charge < -0.3 is 19.9 Å². The Bertz CT molecular complexity index is 1260. The van der Waals surface area contributed by atoms with E-state index in [1.807, 2.05) is 36.4 Å². The molecule has 0 radical (unpaired) electrons. The largest absolute Gasteiger partial charge is 0.495 e. The molecule has 1 N–H and O–H groups in total. The number of benzene rings is 2. The van der Waals surface area contributed by atoms with Gasteiger partial charge in [0.1, 0.15) is 17.3 Å². The highest BCUT2D eigenvalue weighted by Crippen LogP contribution is 2.30. The van der Waals surface area contributed by atoms with Crippen LogP contribution in [-0.2, 0) is 6.54 Å². The van der Waals surface area contributed by atoms with Crippen molar-refractivity contribution in [1.29, 1.82) is 0 Å². The van der Waals surface area contributed by atoms with Gasteiger partial charge >= 0.3 is 0 Å². The molecule has 168 valence electrons. The third-order valence-corrected chi connectivity index (χ3v) is 6.29. The molecule has 9 heteroatoms. The molecule has 0 spiro atoms. The van der Waals surface area contributed by atoms with Crippen LogP contribution in [0.1, 0.15) is 16.3 Å². The second-order valence-corrected chi connectivity index (χ2v) is 8.40. The first-order chi connectivity index (χ1) is 16.2. The zero-order chi connectivity index (χ0) is 22.6. The molecule has 0 atom stereocenters. The lowest BCUT2D eigenvalue weighted by Crippen LogP contribution is -2.47. The zero-order valence-electron chi connectivity index (χ0n) is 18.3. The first-order valence-electron chi connectivity index (χ1n) is 10.8. The number of rotatable bonds is 6. The maximum atomic E-state index is 12.3. The maximum absolute atomic E-state index is 12.3. The van der Waals surface area contributed by atoms with Gasteiger partial charge in [-0.25, -0.2) is 15.0 Å². The number of carbonyl (C=O) groups is 1. The zero-order valence-corrected chi connectivity index (χ0v) is 19.1. The number of ether oxygens (including phenoxy) is 1. The third kappa shape index (κ3) is 4.45. The number of fused-ring (bicyclic) bond motifs is 1. The van der Waals surface area contributed by atoms with Gasteiger partial charge in [-0.3, -0.25) is 4.79 Å². The van der Waals surface area contributed by atoms with Gasteiger partial charge in [0.25, 0.3) is 5.91 Å². The van der Waals surface area contributed by atoms with E-state index in [0.29, 0.717) is 11.5 Å². The standard InChI is InChI=1S/C24H24N6O2S/c1-32-21-9-5-4-8-20(21)29-10-12-30(13-11-29)23-17-6-2-3-7-18(17)27-22(28-23)14-25-24(31)19-15-33-16-26-19/h2-9,15-16H,10-14H2,1H3,(H,25,31). The summed E-state index contributed by atoms with van der Waals surface area (Å²) in [6.07, 6.45) is 0. The lowest BCUT2D eigenvalue weighted by atomic mass is 10.2. The number of nitrogens with one attached hydrogen (secondary N) is 1. The molecule has 1 aliphatic rings. The number of amides is 1. The van der Waals surface area contributed by atoms with Crippen molar-refractivity contribution in [2.24, 2.45) is 0 Å². The van der Waals surface area contributed by atoms with Crippen LogP contribution in [0.15, 0.2) is 59.4 Å². The topological polar surface area (TPSA) is 83.5 Å². The average molecular weight is 461 g/mol. The van der Waals surface area contributed by atoms with Crippen molar-refractivity contribution in [3.8, 4) is 5.75 Å². The lowest BCUT2D eigenvalue weighted by Gasteiger charge is -2.37. The summed E-state index contributed by atoms with van der Waals surface area (Å²) >= 11 is 1.39. The summed E-state index contributed by atoms with van der Waals surface area (Å²) in [6.45, 7) is 3.60. The smallest absolute Gasteiger partial charge is 0.271 e. The summed E-state index contributed by atoms with van der Waals surface area (Å²) in [7, 11) is 1.71. The number of piperazine rings is 1. The monoisotopic (exact) mass is 460 g/mol. The van der Waals surface area contributed by atoms with Crippen LogP contribution in [-0.4, -0.2) is 54.1 Å². The molecule has 0 bridgehead atoms. The number of para-hydroxylation sites is 3. The number of thiazole rings is 1. The average Bonchev–Trinajstić information content (AvgIpc) is 3.42. The summed E-state index contributed by atoms with van der Waals surface area (Å²) < 4.78 is 5.54. The number of carbonyl (C=O) groups excluding carboxylic acids is 1. The van der Waals surface area contributed by atoms with Crippen molar-refractivity contribution in [3.05, 3.63) is 70.9 Å². The van der Waals surface area contributed by atoms with Crippen molar-refractivity contribution in [2.45, 2.75) is 6.54 Å². The minimum absolute atomic E-state index is 0.222. The Morgan fingerprint density at radius 1 is 1.03 bits per heavy atom. The van der Waals surface area contributed by atoms with Gasteiger partial charge in [0, 0.05) is 36.9 Å². The van der Waals surface area contributed by atoms with Crippen molar-refractivity contribution in [2.75, 3.05) is 43.1 Å². The molecular formula is C24H24N6O2S. The fourth-order valence-corrected chi connectivity index (χ4v) is 4.58. The minimum atomic E-state index is -0.222. The van der Waals surface area contributed by atoms with Crippen LogP contribution in [0.4, 0.5) is 11.5 Å². The highest BCUT2D eigenvalue weighted by atomic mass is 32.1. The van der Waals surface area contributed by atoms with Gasteiger partial charge in [-0.15, -0.1) is 11.3 Å². The number of hydrogen-bond donors (Lipinski definition) is 1. The van der Waals surface area contributed by atoms with E-state index in [9.17, 15) is 4.79 Å². The molecule has 2 aromatic heterocycles. The van der Waals surface area contributed by atoms with Crippen LogP contribution in [0.2, 0.25) is 0 Å². The van der Waals surface area contributed by atoms with Crippen molar-refractivity contribution < 1.29 is 9.53 Å². The van der Waals surface area contributed by atoms with E-state index in [-0.39, 0.29) is 12.5 Å². The molecule has 5 rings (SSSR count). The second kappa shape index (κ2) is 9.41.